The van der Waals surface area contributed by atoms with Gasteiger partial charge in [-0.3, -0.25) is 4.79 Å². The first-order chi connectivity index (χ1) is 12.6. The van der Waals surface area contributed by atoms with Gasteiger partial charge in [-0.05, 0) is 44.0 Å². The average Bonchev–Trinajstić information content (AvgIpc) is 2.65. The average molecular weight is 351 g/mol. The summed E-state index contributed by atoms with van der Waals surface area (Å²) in [5.41, 5.74) is 2.80. The number of carbonyl (C=O) groups excluding carboxylic acids is 2. The summed E-state index contributed by atoms with van der Waals surface area (Å²) in [5, 5.41) is 8.70. The van der Waals surface area contributed by atoms with Gasteiger partial charge in [0.25, 0.3) is 5.91 Å². The predicted octanol–water partition coefficient (Wildman–Crippen LogP) is 4.70. The van der Waals surface area contributed by atoms with Crippen LogP contribution in [0.3, 0.4) is 0 Å². The molecule has 2 aromatic carbocycles. The van der Waals surface area contributed by atoms with E-state index in [1.54, 1.807) is 24.3 Å². The number of aryl methyl sites for hydroxylation is 1. The molecular weight excluding hydrogens is 326 g/mol. The molecule has 0 spiro atoms. The molecule has 1 aliphatic carbocycles. The van der Waals surface area contributed by atoms with E-state index >= 15 is 0 Å². The van der Waals surface area contributed by atoms with Crippen LogP contribution in [-0.2, 0) is 0 Å². The molecule has 5 heteroatoms. The first-order valence-electron chi connectivity index (χ1n) is 9.16. The van der Waals surface area contributed by atoms with E-state index in [4.69, 9.17) is 0 Å². The van der Waals surface area contributed by atoms with Crippen LogP contribution in [0, 0.1) is 6.92 Å². The third-order valence-electron chi connectivity index (χ3n) is 4.67. The van der Waals surface area contributed by atoms with Crippen LogP contribution in [0.5, 0.6) is 0 Å². The lowest BCUT2D eigenvalue weighted by atomic mass is 9.96. The van der Waals surface area contributed by atoms with Gasteiger partial charge >= 0.3 is 6.03 Å². The quantitative estimate of drug-likeness (QED) is 0.747. The van der Waals surface area contributed by atoms with Crippen LogP contribution in [0.1, 0.15) is 48.0 Å². The second kappa shape index (κ2) is 8.52. The van der Waals surface area contributed by atoms with Crippen molar-refractivity contribution in [2.45, 2.75) is 45.1 Å². The molecule has 5 nitrogen and oxygen atoms in total. The second-order valence-electron chi connectivity index (χ2n) is 6.80. The molecule has 1 aliphatic rings. The number of amides is 3. The third kappa shape index (κ3) is 4.85. The largest absolute Gasteiger partial charge is 0.335 e. The van der Waals surface area contributed by atoms with Crippen molar-refractivity contribution in [3.63, 3.8) is 0 Å². The Kier molecular flexibility index (Phi) is 5.89. The van der Waals surface area contributed by atoms with Gasteiger partial charge in [0, 0.05) is 11.7 Å². The maximum atomic E-state index is 12.6. The van der Waals surface area contributed by atoms with E-state index in [0.29, 0.717) is 11.3 Å². The van der Waals surface area contributed by atoms with Crippen LogP contribution in [0.15, 0.2) is 48.5 Å². The first kappa shape index (κ1) is 18.0. The Bertz CT molecular complexity index is 765. The fourth-order valence-electron chi connectivity index (χ4n) is 3.22. The van der Waals surface area contributed by atoms with Gasteiger partial charge in [0.1, 0.15) is 0 Å². The van der Waals surface area contributed by atoms with Crippen molar-refractivity contribution in [2.75, 3.05) is 10.6 Å². The summed E-state index contributed by atoms with van der Waals surface area (Å²) in [4.78, 5) is 24.9. The highest BCUT2D eigenvalue weighted by atomic mass is 16.2. The number of urea groups is 1. The second-order valence-corrected chi connectivity index (χ2v) is 6.80. The Morgan fingerprint density at radius 2 is 1.58 bits per heavy atom. The van der Waals surface area contributed by atoms with E-state index in [1.165, 1.54) is 6.42 Å². The smallest absolute Gasteiger partial charge is 0.319 e. The van der Waals surface area contributed by atoms with E-state index < -0.39 is 0 Å². The molecule has 0 unspecified atom stereocenters. The lowest BCUT2D eigenvalue weighted by Crippen LogP contribution is -2.39. The summed E-state index contributed by atoms with van der Waals surface area (Å²) in [5.74, 6) is -0.248. The van der Waals surface area contributed by atoms with E-state index in [-0.39, 0.29) is 18.0 Å². The lowest BCUT2D eigenvalue weighted by molar-refractivity contribution is 0.102. The molecule has 0 atom stereocenters. The zero-order valence-corrected chi connectivity index (χ0v) is 15.0. The first-order valence-corrected chi connectivity index (χ1v) is 9.16. The number of carbonyl (C=O) groups is 2. The highest BCUT2D eigenvalue weighted by Crippen LogP contribution is 2.20. The standard InChI is InChI=1S/C21H25N3O2/c1-15-11-13-17(14-12-15)22-20(25)18-9-5-6-10-19(18)24-21(26)23-16-7-3-2-4-8-16/h5-6,9-14,16H,2-4,7-8H2,1H3,(H,22,25)(H2,23,24,26). The van der Waals surface area contributed by atoms with Crippen molar-refractivity contribution >= 4 is 23.3 Å². The molecule has 0 aromatic heterocycles. The molecule has 3 rings (SSSR count). The Labute approximate surface area is 154 Å². The monoisotopic (exact) mass is 351 g/mol. The summed E-state index contributed by atoms with van der Waals surface area (Å²) in [6, 6.07) is 14.6. The van der Waals surface area contributed by atoms with Gasteiger partial charge in [0.05, 0.1) is 11.3 Å². The van der Waals surface area contributed by atoms with Crippen LogP contribution in [-0.4, -0.2) is 18.0 Å². The van der Waals surface area contributed by atoms with Crippen LogP contribution < -0.4 is 16.0 Å². The zero-order chi connectivity index (χ0) is 18.4. The molecule has 26 heavy (non-hydrogen) atoms. The maximum Gasteiger partial charge on any atom is 0.319 e. The molecular formula is C21H25N3O2. The fraction of sp³-hybridized carbons (Fsp3) is 0.333. The highest BCUT2D eigenvalue weighted by Gasteiger charge is 2.17. The van der Waals surface area contributed by atoms with Gasteiger partial charge in [-0.15, -0.1) is 0 Å². The summed E-state index contributed by atoms with van der Waals surface area (Å²) in [7, 11) is 0. The minimum Gasteiger partial charge on any atom is -0.335 e. The van der Waals surface area contributed by atoms with Crippen molar-refractivity contribution < 1.29 is 9.59 Å². The van der Waals surface area contributed by atoms with Gasteiger partial charge in [0.15, 0.2) is 0 Å². The Morgan fingerprint density at radius 1 is 0.885 bits per heavy atom. The summed E-state index contributed by atoms with van der Waals surface area (Å²) < 4.78 is 0. The SMILES string of the molecule is Cc1ccc(NC(=O)c2ccccc2NC(=O)NC2CCCCC2)cc1. The summed E-state index contributed by atoms with van der Waals surface area (Å²) in [6.07, 6.45) is 5.58. The van der Waals surface area contributed by atoms with E-state index in [2.05, 4.69) is 16.0 Å². The Hall–Kier alpha value is -2.82. The molecule has 0 aliphatic heterocycles. The molecule has 136 valence electrons. The minimum atomic E-state index is -0.257. The number of nitrogens with one attached hydrogen (secondary N) is 3. The Balaban J connectivity index is 1.65. The van der Waals surface area contributed by atoms with Gasteiger partial charge < -0.3 is 16.0 Å². The zero-order valence-electron chi connectivity index (χ0n) is 15.0. The van der Waals surface area contributed by atoms with Gasteiger partial charge in [-0.2, -0.15) is 0 Å². The number of hydrogen-bond acceptors (Lipinski definition) is 2. The third-order valence-corrected chi connectivity index (χ3v) is 4.67. The van der Waals surface area contributed by atoms with Crippen LogP contribution in [0.4, 0.5) is 16.2 Å². The predicted molar refractivity (Wildman–Crippen MR) is 105 cm³/mol. The topological polar surface area (TPSA) is 70.2 Å². The molecule has 3 N–H and O–H groups in total. The normalized spacial score (nSPS) is 14.5. The molecule has 3 amide bonds. The van der Waals surface area contributed by atoms with Crippen molar-refractivity contribution in [1.82, 2.24) is 5.32 Å². The number of rotatable bonds is 4. The molecule has 0 bridgehead atoms. The molecule has 0 radical (unpaired) electrons. The van der Waals surface area contributed by atoms with Crippen LogP contribution in [0.25, 0.3) is 0 Å². The Morgan fingerprint density at radius 3 is 2.31 bits per heavy atom. The van der Waals surface area contributed by atoms with Gasteiger partial charge in [-0.1, -0.05) is 49.1 Å². The molecule has 0 saturated heterocycles. The number of benzene rings is 2. The van der Waals surface area contributed by atoms with E-state index in [9.17, 15) is 9.59 Å². The molecule has 1 fully saturated rings. The highest BCUT2D eigenvalue weighted by molar-refractivity contribution is 6.09. The van der Waals surface area contributed by atoms with E-state index in [1.807, 2.05) is 31.2 Å². The molecule has 0 heterocycles. The van der Waals surface area contributed by atoms with Gasteiger partial charge in [0.2, 0.25) is 0 Å². The molecule has 2 aromatic rings. The number of hydrogen-bond donors (Lipinski definition) is 3. The van der Waals surface area contributed by atoms with Crippen LogP contribution in [0.2, 0.25) is 0 Å². The van der Waals surface area contributed by atoms with Crippen molar-refractivity contribution in [2.24, 2.45) is 0 Å². The van der Waals surface area contributed by atoms with Crippen molar-refractivity contribution in [1.29, 1.82) is 0 Å². The van der Waals surface area contributed by atoms with Crippen LogP contribution >= 0.6 is 0 Å². The fourth-order valence-corrected chi connectivity index (χ4v) is 3.22. The van der Waals surface area contributed by atoms with E-state index in [0.717, 1.165) is 36.9 Å². The lowest BCUT2D eigenvalue weighted by Gasteiger charge is -2.23. The summed E-state index contributed by atoms with van der Waals surface area (Å²) in [6.45, 7) is 2.00. The number of anilines is 2. The van der Waals surface area contributed by atoms with Crippen molar-refractivity contribution in [3.8, 4) is 0 Å². The number of para-hydroxylation sites is 1. The minimum absolute atomic E-state index is 0.220. The molecule has 1 saturated carbocycles. The maximum absolute atomic E-state index is 12.6. The van der Waals surface area contributed by atoms with Gasteiger partial charge in [-0.25, -0.2) is 4.79 Å². The summed E-state index contributed by atoms with van der Waals surface area (Å²) >= 11 is 0. The van der Waals surface area contributed by atoms with Crippen molar-refractivity contribution in [3.05, 3.63) is 59.7 Å².